The molecule has 2 aromatic rings. The number of hydrogen-bond donors (Lipinski definition) is 0. The largest absolute Gasteiger partial charge is 0.380 e. The number of carbonyl (C=O) groups excluding carboxylic acids is 1. The zero-order valence-electron chi connectivity index (χ0n) is 11.3. The van der Waals surface area contributed by atoms with Crippen LogP contribution in [0.2, 0.25) is 0 Å². The maximum atomic E-state index is 12.3. The molecular formula is C13H15N3O3S. The number of aromatic nitrogens is 3. The first-order valence-corrected chi connectivity index (χ1v) is 7.36. The number of carbonyl (C=O) groups is 1. The van der Waals surface area contributed by atoms with Gasteiger partial charge in [-0.2, -0.15) is 5.10 Å². The molecule has 2 aromatic heterocycles. The average Bonchev–Trinajstić information content (AvgIpc) is 2.75. The maximum Gasteiger partial charge on any atom is 0.286 e. The highest BCUT2D eigenvalue weighted by atomic mass is 32.1. The minimum absolute atomic E-state index is 0.0196. The van der Waals surface area contributed by atoms with Gasteiger partial charge in [-0.3, -0.25) is 4.79 Å². The molecule has 1 fully saturated rings. The molecular weight excluding hydrogens is 278 g/mol. The Kier molecular flexibility index (Phi) is 3.39. The number of thiazole rings is 1. The summed E-state index contributed by atoms with van der Waals surface area (Å²) in [7, 11) is 0. The van der Waals surface area contributed by atoms with Crippen LogP contribution >= 0.6 is 11.3 Å². The number of hydrogen-bond acceptors (Lipinski definition) is 6. The highest BCUT2D eigenvalue weighted by molar-refractivity contribution is 7.18. The fourth-order valence-electron chi connectivity index (χ4n) is 2.13. The van der Waals surface area contributed by atoms with Crippen molar-refractivity contribution in [2.45, 2.75) is 32.2 Å². The minimum atomic E-state index is -0.236. The van der Waals surface area contributed by atoms with Crippen molar-refractivity contribution in [1.29, 1.82) is 0 Å². The Morgan fingerprint density at radius 2 is 2.25 bits per heavy atom. The van der Waals surface area contributed by atoms with Crippen molar-refractivity contribution in [2.75, 3.05) is 13.2 Å². The van der Waals surface area contributed by atoms with E-state index in [9.17, 15) is 9.59 Å². The maximum absolute atomic E-state index is 12.3. The van der Waals surface area contributed by atoms with Gasteiger partial charge in [0.2, 0.25) is 0 Å². The molecule has 6 nitrogen and oxygen atoms in total. The van der Waals surface area contributed by atoms with Crippen LogP contribution in [0.5, 0.6) is 0 Å². The minimum Gasteiger partial charge on any atom is -0.380 e. The van der Waals surface area contributed by atoms with Gasteiger partial charge >= 0.3 is 0 Å². The Bertz CT molecular complexity index is 715. The molecule has 0 unspecified atom stereocenters. The van der Waals surface area contributed by atoms with Gasteiger partial charge in [0.05, 0.1) is 24.8 Å². The summed E-state index contributed by atoms with van der Waals surface area (Å²) in [5, 5.41) is 5.22. The molecule has 7 heteroatoms. The lowest BCUT2D eigenvalue weighted by Crippen LogP contribution is -2.25. The third kappa shape index (κ3) is 2.06. The first kappa shape index (κ1) is 13.4. The summed E-state index contributed by atoms with van der Waals surface area (Å²) >= 11 is 1.40. The number of aldehydes is 1. The molecule has 0 atom stereocenters. The number of nitrogens with zero attached hydrogens (tertiary/aromatic N) is 3. The van der Waals surface area contributed by atoms with Crippen molar-refractivity contribution in [3.05, 3.63) is 21.1 Å². The average molecular weight is 293 g/mol. The molecule has 0 amide bonds. The van der Waals surface area contributed by atoms with Gasteiger partial charge in [-0.05, 0) is 5.92 Å². The Hall–Kier alpha value is -1.60. The van der Waals surface area contributed by atoms with Gasteiger partial charge in [0, 0.05) is 0 Å². The number of ether oxygens (including phenoxy) is 1. The van der Waals surface area contributed by atoms with E-state index in [4.69, 9.17) is 4.74 Å². The van der Waals surface area contributed by atoms with Gasteiger partial charge in [-0.1, -0.05) is 13.8 Å². The van der Waals surface area contributed by atoms with Gasteiger partial charge in [-0.25, -0.2) is 9.67 Å². The molecule has 1 aliphatic rings. The zero-order valence-corrected chi connectivity index (χ0v) is 12.1. The molecule has 0 N–H and O–H groups in total. The van der Waals surface area contributed by atoms with Crippen LogP contribution in [0, 0.1) is 0 Å². The molecule has 20 heavy (non-hydrogen) atoms. The second kappa shape index (κ2) is 5.06. The SMILES string of the molecule is CC(C)c1nn(CC=O)c(=O)c2sc(C3COC3)nc12. The van der Waals surface area contributed by atoms with Crippen molar-refractivity contribution in [3.63, 3.8) is 0 Å². The van der Waals surface area contributed by atoms with Gasteiger partial charge in [0.25, 0.3) is 5.56 Å². The first-order chi connectivity index (χ1) is 9.61. The Labute approximate surface area is 119 Å². The van der Waals surface area contributed by atoms with E-state index in [0.29, 0.717) is 29.7 Å². The molecule has 0 radical (unpaired) electrons. The van der Waals surface area contributed by atoms with E-state index < -0.39 is 0 Å². The zero-order chi connectivity index (χ0) is 14.3. The van der Waals surface area contributed by atoms with Crippen molar-refractivity contribution in [2.24, 2.45) is 0 Å². The quantitative estimate of drug-likeness (QED) is 0.794. The molecule has 106 valence electrons. The fraction of sp³-hybridized carbons (Fsp3) is 0.538. The molecule has 1 aliphatic heterocycles. The fourth-order valence-corrected chi connectivity index (χ4v) is 3.22. The van der Waals surface area contributed by atoms with Crippen LogP contribution in [-0.2, 0) is 16.1 Å². The molecule has 0 saturated carbocycles. The molecule has 0 bridgehead atoms. The molecule has 0 aromatic carbocycles. The molecule has 0 spiro atoms. The Morgan fingerprint density at radius 3 is 2.80 bits per heavy atom. The van der Waals surface area contributed by atoms with Crippen molar-refractivity contribution < 1.29 is 9.53 Å². The van der Waals surface area contributed by atoms with Gasteiger partial charge < -0.3 is 9.53 Å². The second-order valence-corrected chi connectivity index (χ2v) is 6.19. The van der Waals surface area contributed by atoms with Crippen molar-refractivity contribution in [1.82, 2.24) is 14.8 Å². The topological polar surface area (TPSA) is 74.1 Å². The summed E-state index contributed by atoms with van der Waals surface area (Å²) < 4.78 is 6.99. The van der Waals surface area contributed by atoms with Crippen LogP contribution in [0.4, 0.5) is 0 Å². The predicted octanol–water partition coefficient (Wildman–Crippen LogP) is 1.29. The van der Waals surface area contributed by atoms with Crippen LogP contribution in [0.3, 0.4) is 0 Å². The molecule has 3 rings (SSSR count). The second-order valence-electron chi connectivity index (χ2n) is 5.16. The van der Waals surface area contributed by atoms with E-state index in [1.807, 2.05) is 13.8 Å². The van der Waals surface area contributed by atoms with Crippen LogP contribution in [0.15, 0.2) is 4.79 Å². The van der Waals surface area contributed by atoms with Crippen LogP contribution in [0.1, 0.15) is 36.4 Å². The smallest absolute Gasteiger partial charge is 0.286 e. The normalized spacial score (nSPS) is 15.8. The molecule has 1 saturated heterocycles. The summed E-state index contributed by atoms with van der Waals surface area (Å²) in [6.45, 7) is 5.31. The van der Waals surface area contributed by atoms with E-state index in [1.165, 1.54) is 16.0 Å². The van der Waals surface area contributed by atoms with Gasteiger partial charge in [0.15, 0.2) is 0 Å². The summed E-state index contributed by atoms with van der Waals surface area (Å²) in [6, 6.07) is 0. The first-order valence-electron chi connectivity index (χ1n) is 6.54. The predicted molar refractivity (Wildman–Crippen MR) is 75.4 cm³/mol. The highest BCUT2D eigenvalue weighted by Crippen LogP contribution is 2.32. The van der Waals surface area contributed by atoms with E-state index in [0.717, 1.165) is 10.7 Å². The Balaban J connectivity index is 2.23. The lowest BCUT2D eigenvalue weighted by Gasteiger charge is -2.23. The summed E-state index contributed by atoms with van der Waals surface area (Å²) in [6.07, 6.45) is 0.687. The number of rotatable bonds is 4. The van der Waals surface area contributed by atoms with E-state index in [-0.39, 0.29) is 23.9 Å². The lowest BCUT2D eigenvalue weighted by atomic mass is 10.1. The van der Waals surface area contributed by atoms with E-state index >= 15 is 0 Å². The van der Waals surface area contributed by atoms with Crippen LogP contribution in [0.25, 0.3) is 10.2 Å². The molecule has 0 aliphatic carbocycles. The third-order valence-corrected chi connectivity index (χ3v) is 4.53. The number of fused-ring (bicyclic) bond motifs is 1. The standard InChI is InChI=1S/C13H15N3O3S/c1-7(2)9-10-11(13(18)16(15-9)3-4-17)20-12(14-10)8-5-19-6-8/h4,7-8H,3,5-6H2,1-2H3. The summed E-state index contributed by atoms with van der Waals surface area (Å²) in [5.74, 6) is 0.426. The van der Waals surface area contributed by atoms with Crippen LogP contribution in [-0.4, -0.2) is 34.3 Å². The highest BCUT2D eigenvalue weighted by Gasteiger charge is 2.26. The van der Waals surface area contributed by atoms with Gasteiger partial charge in [-0.15, -0.1) is 11.3 Å². The summed E-state index contributed by atoms with van der Waals surface area (Å²) in [5.41, 5.74) is 1.21. The van der Waals surface area contributed by atoms with E-state index in [2.05, 4.69) is 10.1 Å². The van der Waals surface area contributed by atoms with Crippen LogP contribution < -0.4 is 5.56 Å². The molecule has 3 heterocycles. The monoisotopic (exact) mass is 293 g/mol. The summed E-state index contributed by atoms with van der Waals surface area (Å²) in [4.78, 5) is 27.6. The van der Waals surface area contributed by atoms with Crippen molar-refractivity contribution in [3.8, 4) is 0 Å². The van der Waals surface area contributed by atoms with Gasteiger partial charge in [0.1, 0.15) is 28.1 Å². The van der Waals surface area contributed by atoms with E-state index in [1.54, 1.807) is 0 Å². The van der Waals surface area contributed by atoms with Crippen molar-refractivity contribution >= 4 is 27.8 Å². The lowest BCUT2D eigenvalue weighted by molar-refractivity contribution is -0.108. The third-order valence-electron chi connectivity index (χ3n) is 3.33. The Morgan fingerprint density at radius 1 is 1.50 bits per heavy atom.